The highest BCUT2D eigenvalue weighted by Gasteiger charge is 2.48. The van der Waals surface area contributed by atoms with Crippen molar-refractivity contribution in [1.82, 2.24) is 0 Å². The average molecular weight is 244 g/mol. The van der Waals surface area contributed by atoms with Crippen LogP contribution in [0.1, 0.15) is 33.6 Å². The molecule has 0 aromatic carbocycles. The second kappa shape index (κ2) is 5.49. The molecule has 0 bridgehead atoms. The molecule has 3 atom stereocenters. The number of esters is 2. The van der Waals surface area contributed by atoms with Crippen molar-refractivity contribution in [2.75, 3.05) is 13.7 Å². The standard InChI is InChI=1S/C12H20O5/c1-5-8(2)11(14)16-9-6-10(13)17-12(9,3)7-15-4/h8-9H,5-7H2,1-4H3. The summed E-state index contributed by atoms with van der Waals surface area (Å²) in [4.78, 5) is 23.0. The topological polar surface area (TPSA) is 61.8 Å². The van der Waals surface area contributed by atoms with Gasteiger partial charge in [0.2, 0.25) is 0 Å². The molecule has 17 heavy (non-hydrogen) atoms. The van der Waals surface area contributed by atoms with Crippen LogP contribution in [-0.4, -0.2) is 37.4 Å². The van der Waals surface area contributed by atoms with Crippen molar-refractivity contribution in [3.05, 3.63) is 0 Å². The van der Waals surface area contributed by atoms with Gasteiger partial charge in [0.05, 0.1) is 18.9 Å². The Balaban J connectivity index is 2.68. The molecule has 5 heteroatoms. The largest absolute Gasteiger partial charge is 0.457 e. The first-order valence-electron chi connectivity index (χ1n) is 5.84. The Morgan fingerprint density at radius 3 is 2.82 bits per heavy atom. The molecule has 0 spiro atoms. The van der Waals surface area contributed by atoms with Gasteiger partial charge in [0.1, 0.15) is 0 Å². The molecule has 1 rings (SSSR count). The fourth-order valence-corrected chi connectivity index (χ4v) is 1.73. The molecular formula is C12H20O5. The average Bonchev–Trinajstić information content (AvgIpc) is 2.52. The first-order valence-corrected chi connectivity index (χ1v) is 5.84. The van der Waals surface area contributed by atoms with Crippen LogP contribution in [0.3, 0.4) is 0 Å². The van der Waals surface area contributed by atoms with Gasteiger partial charge in [-0.2, -0.15) is 0 Å². The Hall–Kier alpha value is -1.10. The summed E-state index contributed by atoms with van der Waals surface area (Å²) in [5, 5.41) is 0. The lowest BCUT2D eigenvalue weighted by molar-refractivity contribution is -0.170. The van der Waals surface area contributed by atoms with E-state index in [9.17, 15) is 9.59 Å². The van der Waals surface area contributed by atoms with E-state index < -0.39 is 11.7 Å². The van der Waals surface area contributed by atoms with Crippen LogP contribution < -0.4 is 0 Å². The molecular weight excluding hydrogens is 224 g/mol. The number of carbonyl (C=O) groups is 2. The van der Waals surface area contributed by atoms with Gasteiger partial charge in [-0.3, -0.25) is 9.59 Å². The molecule has 0 radical (unpaired) electrons. The van der Waals surface area contributed by atoms with Crippen molar-refractivity contribution in [3.8, 4) is 0 Å². The highest BCUT2D eigenvalue weighted by Crippen LogP contribution is 2.30. The van der Waals surface area contributed by atoms with Gasteiger partial charge in [0, 0.05) is 7.11 Å². The number of cyclic esters (lactones) is 1. The summed E-state index contributed by atoms with van der Waals surface area (Å²) < 4.78 is 15.5. The molecule has 0 aliphatic carbocycles. The summed E-state index contributed by atoms with van der Waals surface area (Å²) in [6, 6.07) is 0. The zero-order valence-electron chi connectivity index (χ0n) is 10.8. The molecule has 0 amide bonds. The van der Waals surface area contributed by atoms with Gasteiger partial charge < -0.3 is 14.2 Å². The second-order valence-corrected chi connectivity index (χ2v) is 4.66. The lowest BCUT2D eigenvalue weighted by atomic mass is 10.00. The first-order chi connectivity index (χ1) is 7.92. The summed E-state index contributed by atoms with van der Waals surface area (Å²) in [7, 11) is 1.52. The van der Waals surface area contributed by atoms with E-state index in [-0.39, 0.29) is 30.9 Å². The zero-order chi connectivity index (χ0) is 13.1. The molecule has 0 aromatic heterocycles. The monoisotopic (exact) mass is 244 g/mol. The maximum atomic E-state index is 11.7. The van der Waals surface area contributed by atoms with Gasteiger partial charge in [-0.1, -0.05) is 13.8 Å². The number of hydrogen-bond acceptors (Lipinski definition) is 5. The van der Waals surface area contributed by atoms with Gasteiger partial charge in [0.25, 0.3) is 0 Å². The fourth-order valence-electron chi connectivity index (χ4n) is 1.73. The lowest BCUT2D eigenvalue weighted by Gasteiger charge is -2.28. The van der Waals surface area contributed by atoms with Crippen LogP contribution in [0.25, 0.3) is 0 Å². The molecule has 0 aromatic rings. The third-order valence-corrected chi connectivity index (χ3v) is 3.08. The lowest BCUT2D eigenvalue weighted by Crippen LogP contribution is -2.43. The highest BCUT2D eigenvalue weighted by atomic mass is 16.6. The minimum absolute atomic E-state index is 0.0992. The van der Waals surface area contributed by atoms with Crippen LogP contribution in [0, 0.1) is 5.92 Å². The molecule has 1 saturated heterocycles. The van der Waals surface area contributed by atoms with Crippen molar-refractivity contribution in [2.24, 2.45) is 5.92 Å². The molecule has 1 aliphatic heterocycles. The number of ether oxygens (including phenoxy) is 3. The first kappa shape index (κ1) is 14.0. The Morgan fingerprint density at radius 2 is 2.29 bits per heavy atom. The molecule has 0 N–H and O–H groups in total. The van der Waals surface area contributed by atoms with Crippen LogP contribution in [0.2, 0.25) is 0 Å². The Labute approximate surface area is 101 Å². The molecule has 1 aliphatic rings. The van der Waals surface area contributed by atoms with Crippen molar-refractivity contribution in [3.63, 3.8) is 0 Å². The zero-order valence-corrected chi connectivity index (χ0v) is 10.8. The number of methoxy groups -OCH3 is 1. The summed E-state index contributed by atoms with van der Waals surface area (Å²) in [6.07, 6.45) is 0.250. The predicted molar refractivity (Wildman–Crippen MR) is 60.3 cm³/mol. The van der Waals surface area contributed by atoms with Crippen molar-refractivity contribution in [1.29, 1.82) is 0 Å². The third-order valence-electron chi connectivity index (χ3n) is 3.08. The van der Waals surface area contributed by atoms with E-state index in [1.54, 1.807) is 13.8 Å². The normalized spacial score (nSPS) is 29.9. The van der Waals surface area contributed by atoms with Gasteiger partial charge >= 0.3 is 11.9 Å². The number of hydrogen-bond donors (Lipinski definition) is 0. The Morgan fingerprint density at radius 1 is 1.65 bits per heavy atom. The predicted octanol–water partition coefficient (Wildman–Crippen LogP) is 1.30. The van der Waals surface area contributed by atoms with Gasteiger partial charge in [0.15, 0.2) is 11.7 Å². The third kappa shape index (κ3) is 3.19. The minimum atomic E-state index is -0.866. The molecule has 5 nitrogen and oxygen atoms in total. The summed E-state index contributed by atoms with van der Waals surface area (Å²) >= 11 is 0. The maximum Gasteiger partial charge on any atom is 0.310 e. The summed E-state index contributed by atoms with van der Waals surface area (Å²) in [5.41, 5.74) is -0.866. The molecule has 1 fully saturated rings. The van der Waals surface area contributed by atoms with E-state index in [2.05, 4.69) is 0 Å². The van der Waals surface area contributed by atoms with Crippen LogP contribution in [0.5, 0.6) is 0 Å². The second-order valence-electron chi connectivity index (χ2n) is 4.66. The van der Waals surface area contributed by atoms with E-state index >= 15 is 0 Å². The van der Waals surface area contributed by atoms with Crippen LogP contribution in [0.4, 0.5) is 0 Å². The number of carbonyl (C=O) groups excluding carboxylic acids is 2. The van der Waals surface area contributed by atoms with Crippen LogP contribution in [0.15, 0.2) is 0 Å². The van der Waals surface area contributed by atoms with Crippen LogP contribution >= 0.6 is 0 Å². The van der Waals surface area contributed by atoms with Crippen molar-refractivity contribution < 1.29 is 23.8 Å². The summed E-state index contributed by atoms with van der Waals surface area (Å²) in [5.74, 6) is -0.817. The smallest absolute Gasteiger partial charge is 0.310 e. The quantitative estimate of drug-likeness (QED) is 0.682. The van der Waals surface area contributed by atoms with Crippen molar-refractivity contribution in [2.45, 2.75) is 45.3 Å². The summed E-state index contributed by atoms with van der Waals surface area (Å²) in [6.45, 7) is 5.65. The van der Waals surface area contributed by atoms with E-state index in [4.69, 9.17) is 14.2 Å². The van der Waals surface area contributed by atoms with E-state index in [1.165, 1.54) is 7.11 Å². The fraction of sp³-hybridized carbons (Fsp3) is 0.833. The minimum Gasteiger partial charge on any atom is -0.457 e. The molecule has 98 valence electrons. The van der Waals surface area contributed by atoms with Crippen molar-refractivity contribution >= 4 is 11.9 Å². The van der Waals surface area contributed by atoms with E-state index in [1.807, 2.05) is 6.92 Å². The molecule has 0 saturated carbocycles. The molecule has 1 heterocycles. The molecule has 3 unspecified atom stereocenters. The van der Waals surface area contributed by atoms with E-state index in [0.29, 0.717) is 6.42 Å². The highest BCUT2D eigenvalue weighted by molar-refractivity contribution is 5.76. The van der Waals surface area contributed by atoms with E-state index in [0.717, 1.165) is 0 Å². The SMILES string of the molecule is CCC(C)C(=O)OC1CC(=O)OC1(C)COC. The Kier molecular flexibility index (Phi) is 4.51. The number of rotatable bonds is 5. The van der Waals surface area contributed by atoms with Gasteiger partial charge in [-0.05, 0) is 13.3 Å². The van der Waals surface area contributed by atoms with Gasteiger partial charge in [-0.15, -0.1) is 0 Å². The van der Waals surface area contributed by atoms with Crippen LogP contribution in [-0.2, 0) is 23.8 Å². The van der Waals surface area contributed by atoms with Gasteiger partial charge in [-0.25, -0.2) is 0 Å². The maximum absolute atomic E-state index is 11.7. The Bertz CT molecular complexity index is 301.